The fourth-order valence-corrected chi connectivity index (χ4v) is 2.40. The van der Waals surface area contributed by atoms with Crippen LogP contribution in [0.2, 0.25) is 0 Å². The minimum atomic E-state index is 0.322. The zero-order chi connectivity index (χ0) is 11.8. The second-order valence-electron chi connectivity index (χ2n) is 5.31. The molecule has 0 aliphatic carbocycles. The summed E-state index contributed by atoms with van der Waals surface area (Å²) in [4.78, 5) is 2.55. The van der Waals surface area contributed by atoms with Gasteiger partial charge in [-0.15, -0.1) is 0 Å². The summed E-state index contributed by atoms with van der Waals surface area (Å²) in [5.41, 5.74) is 0. The molecule has 1 atom stereocenters. The van der Waals surface area contributed by atoms with Crippen LogP contribution in [-0.2, 0) is 0 Å². The lowest BCUT2D eigenvalue weighted by Crippen LogP contribution is -2.46. The number of likely N-dealkylation sites (tertiary alicyclic amines) is 1. The minimum absolute atomic E-state index is 0.322. The van der Waals surface area contributed by atoms with Crippen molar-refractivity contribution in [3.63, 3.8) is 0 Å². The molecule has 0 bridgehead atoms. The maximum atomic E-state index is 8.89. The quantitative estimate of drug-likeness (QED) is 0.692. The largest absolute Gasteiger partial charge is 0.396 e. The van der Waals surface area contributed by atoms with Crippen molar-refractivity contribution in [2.75, 3.05) is 32.8 Å². The van der Waals surface area contributed by atoms with Crippen LogP contribution in [0.3, 0.4) is 0 Å². The van der Waals surface area contributed by atoms with Gasteiger partial charge in [-0.25, -0.2) is 0 Å². The summed E-state index contributed by atoms with van der Waals surface area (Å²) < 4.78 is 0. The van der Waals surface area contributed by atoms with Crippen molar-refractivity contribution < 1.29 is 5.11 Å². The number of nitrogens with zero attached hydrogens (tertiary/aromatic N) is 1. The number of aliphatic hydroxyl groups excluding tert-OH is 1. The summed E-state index contributed by atoms with van der Waals surface area (Å²) in [6, 6.07) is 0.694. The topological polar surface area (TPSA) is 35.5 Å². The average molecular weight is 228 g/mol. The first kappa shape index (κ1) is 13.9. The van der Waals surface area contributed by atoms with E-state index >= 15 is 0 Å². The maximum absolute atomic E-state index is 8.89. The predicted octanol–water partition coefficient (Wildman–Crippen LogP) is 1.47. The molecule has 0 aromatic rings. The molecule has 1 heterocycles. The molecule has 16 heavy (non-hydrogen) atoms. The highest BCUT2D eigenvalue weighted by molar-refractivity contribution is 4.78. The Balaban J connectivity index is 2.23. The Bertz CT molecular complexity index is 173. The minimum Gasteiger partial charge on any atom is -0.396 e. The summed E-state index contributed by atoms with van der Waals surface area (Å²) in [7, 11) is 0. The zero-order valence-corrected chi connectivity index (χ0v) is 10.9. The van der Waals surface area contributed by atoms with Gasteiger partial charge in [0, 0.05) is 25.7 Å². The monoisotopic (exact) mass is 228 g/mol. The fourth-order valence-electron chi connectivity index (χ4n) is 2.40. The second-order valence-corrected chi connectivity index (χ2v) is 5.31. The number of hydrogen-bond acceptors (Lipinski definition) is 3. The van der Waals surface area contributed by atoms with Gasteiger partial charge in [-0.3, -0.25) is 4.90 Å². The highest BCUT2D eigenvalue weighted by Crippen LogP contribution is 2.16. The molecular weight excluding hydrogens is 200 g/mol. The molecule has 3 nitrogen and oxygen atoms in total. The molecule has 3 heteroatoms. The molecule has 1 fully saturated rings. The summed E-state index contributed by atoms with van der Waals surface area (Å²) >= 11 is 0. The lowest BCUT2D eigenvalue weighted by atomic mass is 10.0. The summed E-state index contributed by atoms with van der Waals surface area (Å²) in [5, 5.41) is 12.4. The molecule has 0 amide bonds. The summed E-state index contributed by atoms with van der Waals surface area (Å²) in [5.74, 6) is 0.731. The van der Waals surface area contributed by atoms with Gasteiger partial charge in [-0.2, -0.15) is 0 Å². The Labute approximate surface area is 100 Å². The summed E-state index contributed by atoms with van der Waals surface area (Å²) in [6.07, 6.45) is 4.92. The summed E-state index contributed by atoms with van der Waals surface area (Å²) in [6.45, 7) is 9.32. The number of piperidine rings is 1. The Morgan fingerprint density at radius 1 is 1.38 bits per heavy atom. The number of rotatable bonds is 7. The molecule has 1 saturated heterocycles. The van der Waals surface area contributed by atoms with Crippen LogP contribution in [0.25, 0.3) is 0 Å². The van der Waals surface area contributed by atoms with E-state index in [2.05, 4.69) is 24.1 Å². The van der Waals surface area contributed by atoms with Gasteiger partial charge in [0.05, 0.1) is 0 Å². The van der Waals surface area contributed by atoms with E-state index in [0.717, 1.165) is 32.0 Å². The molecule has 1 rings (SSSR count). The van der Waals surface area contributed by atoms with E-state index in [-0.39, 0.29) is 0 Å². The zero-order valence-electron chi connectivity index (χ0n) is 10.9. The van der Waals surface area contributed by atoms with Crippen LogP contribution in [0.15, 0.2) is 0 Å². The van der Waals surface area contributed by atoms with Crippen LogP contribution in [0.4, 0.5) is 0 Å². The van der Waals surface area contributed by atoms with Crippen LogP contribution in [0.5, 0.6) is 0 Å². The van der Waals surface area contributed by atoms with Crippen molar-refractivity contribution in [2.45, 2.75) is 45.6 Å². The van der Waals surface area contributed by atoms with E-state index in [4.69, 9.17) is 5.11 Å². The van der Waals surface area contributed by atoms with Crippen LogP contribution < -0.4 is 5.32 Å². The highest BCUT2D eigenvalue weighted by atomic mass is 16.3. The molecule has 96 valence electrons. The first-order valence-corrected chi connectivity index (χ1v) is 6.79. The van der Waals surface area contributed by atoms with Gasteiger partial charge in [-0.05, 0) is 38.3 Å². The van der Waals surface area contributed by atoms with Crippen LogP contribution >= 0.6 is 0 Å². The third kappa shape index (κ3) is 5.28. The molecule has 0 aromatic carbocycles. The van der Waals surface area contributed by atoms with E-state index < -0.39 is 0 Å². The highest BCUT2D eigenvalue weighted by Gasteiger charge is 2.21. The lowest BCUT2D eigenvalue weighted by molar-refractivity contribution is 0.132. The van der Waals surface area contributed by atoms with Crippen LogP contribution in [0.1, 0.15) is 39.5 Å². The van der Waals surface area contributed by atoms with E-state index in [1.165, 1.54) is 25.8 Å². The molecule has 0 spiro atoms. The van der Waals surface area contributed by atoms with E-state index in [9.17, 15) is 0 Å². The standard InChI is InChI=1S/C13H28N2O/c1-12(2)10-14-11-13-6-3-4-7-15(13)8-5-9-16/h12-14,16H,3-11H2,1-2H3. The van der Waals surface area contributed by atoms with Crippen molar-refractivity contribution in [2.24, 2.45) is 5.92 Å². The van der Waals surface area contributed by atoms with Crippen molar-refractivity contribution in [1.82, 2.24) is 10.2 Å². The fraction of sp³-hybridized carbons (Fsp3) is 1.00. The smallest absolute Gasteiger partial charge is 0.0443 e. The van der Waals surface area contributed by atoms with Gasteiger partial charge in [-0.1, -0.05) is 20.3 Å². The van der Waals surface area contributed by atoms with Crippen molar-refractivity contribution in [3.8, 4) is 0 Å². The molecule has 0 saturated carbocycles. The molecule has 1 unspecified atom stereocenters. The third-order valence-electron chi connectivity index (χ3n) is 3.29. The Morgan fingerprint density at radius 2 is 2.19 bits per heavy atom. The molecule has 0 aromatic heterocycles. The van der Waals surface area contributed by atoms with E-state index in [1.54, 1.807) is 0 Å². The molecule has 1 aliphatic heterocycles. The lowest BCUT2D eigenvalue weighted by Gasteiger charge is -2.36. The normalized spacial score (nSPS) is 22.9. The Hall–Kier alpha value is -0.120. The van der Waals surface area contributed by atoms with Gasteiger partial charge in [0.2, 0.25) is 0 Å². The Kier molecular flexibility index (Phi) is 7.01. The second kappa shape index (κ2) is 8.04. The molecule has 0 radical (unpaired) electrons. The van der Waals surface area contributed by atoms with E-state index in [0.29, 0.717) is 12.6 Å². The number of aliphatic hydroxyl groups is 1. The van der Waals surface area contributed by atoms with E-state index in [1.807, 2.05) is 0 Å². The van der Waals surface area contributed by atoms with Gasteiger partial charge in [0.25, 0.3) is 0 Å². The molecular formula is C13H28N2O. The van der Waals surface area contributed by atoms with Crippen LogP contribution in [0, 0.1) is 5.92 Å². The predicted molar refractivity (Wildman–Crippen MR) is 68.6 cm³/mol. The SMILES string of the molecule is CC(C)CNCC1CCCCN1CCCO. The van der Waals surface area contributed by atoms with Crippen molar-refractivity contribution in [1.29, 1.82) is 0 Å². The third-order valence-corrected chi connectivity index (χ3v) is 3.29. The van der Waals surface area contributed by atoms with Gasteiger partial charge in [0.1, 0.15) is 0 Å². The number of hydrogen-bond donors (Lipinski definition) is 2. The first-order valence-electron chi connectivity index (χ1n) is 6.79. The van der Waals surface area contributed by atoms with Gasteiger partial charge in [0.15, 0.2) is 0 Å². The molecule has 2 N–H and O–H groups in total. The Morgan fingerprint density at radius 3 is 2.88 bits per heavy atom. The number of nitrogens with one attached hydrogen (secondary N) is 1. The first-order chi connectivity index (χ1) is 7.74. The average Bonchev–Trinajstić information content (AvgIpc) is 2.27. The maximum Gasteiger partial charge on any atom is 0.0443 e. The van der Waals surface area contributed by atoms with Crippen molar-refractivity contribution in [3.05, 3.63) is 0 Å². The van der Waals surface area contributed by atoms with Gasteiger partial charge >= 0.3 is 0 Å². The van der Waals surface area contributed by atoms with Gasteiger partial charge < -0.3 is 10.4 Å². The molecule has 1 aliphatic rings. The van der Waals surface area contributed by atoms with Crippen molar-refractivity contribution >= 4 is 0 Å². The van der Waals surface area contributed by atoms with Crippen LogP contribution in [-0.4, -0.2) is 48.8 Å².